The van der Waals surface area contributed by atoms with Crippen molar-refractivity contribution in [2.75, 3.05) is 58.1 Å². The quantitative estimate of drug-likeness (QED) is 0.630. The molecule has 0 bridgehead atoms. The van der Waals surface area contributed by atoms with Gasteiger partial charge in [-0.1, -0.05) is 6.92 Å². The van der Waals surface area contributed by atoms with Gasteiger partial charge in [-0.2, -0.15) is 15.0 Å². The third-order valence-corrected chi connectivity index (χ3v) is 2.52. The zero-order chi connectivity index (χ0) is 14.8. The van der Waals surface area contributed by atoms with Crippen LogP contribution in [-0.2, 0) is 4.74 Å². The second kappa shape index (κ2) is 9.27. The first-order valence-corrected chi connectivity index (χ1v) is 6.71. The Morgan fingerprint density at radius 3 is 2.70 bits per heavy atom. The summed E-state index contributed by atoms with van der Waals surface area (Å²) in [6.45, 7) is 5.71. The molecule has 0 saturated heterocycles. The summed E-state index contributed by atoms with van der Waals surface area (Å²) in [4.78, 5) is 14.2. The van der Waals surface area contributed by atoms with Crippen LogP contribution in [0, 0.1) is 0 Å². The summed E-state index contributed by atoms with van der Waals surface area (Å²) in [5, 5.41) is 3.10. The predicted molar refractivity (Wildman–Crippen MR) is 77.9 cm³/mol. The summed E-state index contributed by atoms with van der Waals surface area (Å²) in [6.07, 6.45) is 0.888. The molecule has 1 aromatic heterocycles. The van der Waals surface area contributed by atoms with Crippen molar-refractivity contribution in [2.45, 2.75) is 13.3 Å². The number of hydrogen-bond donors (Lipinski definition) is 2. The summed E-state index contributed by atoms with van der Waals surface area (Å²) in [6, 6.07) is 0.259. The van der Waals surface area contributed by atoms with Gasteiger partial charge in [0, 0.05) is 26.7 Å². The van der Waals surface area contributed by atoms with Crippen molar-refractivity contribution in [2.24, 2.45) is 0 Å². The molecular formula is C12H24N6O2. The Labute approximate surface area is 119 Å². The Bertz CT molecular complexity index is 390. The number of nitrogens with two attached hydrogens (primary N) is 1. The molecule has 0 radical (unpaired) electrons. The highest BCUT2D eigenvalue weighted by Gasteiger charge is 2.05. The van der Waals surface area contributed by atoms with E-state index in [9.17, 15) is 0 Å². The van der Waals surface area contributed by atoms with E-state index in [1.807, 2.05) is 14.0 Å². The Morgan fingerprint density at radius 1 is 1.20 bits per heavy atom. The van der Waals surface area contributed by atoms with Gasteiger partial charge in [-0.05, 0) is 13.5 Å². The third kappa shape index (κ3) is 6.48. The molecule has 0 unspecified atom stereocenters. The molecule has 1 rings (SSSR count). The number of anilines is 2. The maximum absolute atomic E-state index is 5.62. The summed E-state index contributed by atoms with van der Waals surface area (Å²) < 4.78 is 10.4. The maximum atomic E-state index is 5.62. The van der Waals surface area contributed by atoms with Gasteiger partial charge in [-0.3, -0.25) is 0 Å². The molecule has 0 saturated carbocycles. The first kappa shape index (κ1) is 16.4. The number of methoxy groups -OCH3 is 1. The van der Waals surface area contributed by atoms with Crippen molar-refractivity contribution in [3.8, 4) is 6.01 Å². The van der Waals surface area contributed by atoms with Crippen molar-refractivity contribution in [1.29, 1.82) is 0 Å². The SMILES string of the molecule is CCCOc1nc(N)nc(NCCN(C)CCOC)n1. The molecule has 114 valence electrons. The lowest BCUT2D eigenvalue weighted by Crippen LogP contribution is -2.28. The second-order valence-corrected chi connectivity index (χ2v) is 4.37. The zero-order valence-corrected chi connectivity index (χ0v) is 12.4. The fourth-order valence-electron chi connectivity index (χ4n) is 1.43. The average Bonchev–Trinajstić information content (AvgIpc) is 2.42. The van der Waals surface area contributed by atoms with E-state index >= 15 is 0 Å². The van der Waals surface area contributed by atoms with E-state index in [4.69, 9.17) is 15.2 Å². The molecule has 0 spiro atoms. The Kier molecular flexibility index (Phi) is 7.59. The van der Waals surface area contributed by atoms with Crippen LogP contribution in [0.1, 0.15) is 13.3 Å². The predicted octanol–water partition coefficient (Wildman–Crippen LogP) is 0.233. The Balaban J connectivity index is 2.40. The van der Waals surface area contributed by atoms with Crippen LogP contribution >= 0.6 is 0 Å². The van der Waals surface area contributed by atoms with E-state index in [1.165, 1.54) is 0 Å². The van der Waals surface area contributed by atoms with E-state index in [2.05, 4.69) is 25.2 Å². The number of rotatable bonds is 10. The monoisotopic (exact) mass is 284 g/mol. The molecule has 0 atom stereocenters. The molecule has 20 heavy (non-hydrogen) atoms. The number of ether oxygens (including phenoxy) is 2. The number of likely N-dealkylation sites (N-methyl/N-ethyl adjacent to an activating group) is 1. The fraction of sp³-hybridized carbons (Fsp3) is 0.750. The standard InChI is InChI=1S/C12H24N6O2/c1-4-8-20-12-16-10(13)15-11(17-12)14-5-6-18(2)7-9-19-3/h4-9H2,1-3H3,(H3,13,14,15,16,17). The fourth-order valence-corrected chi connectivity index (χ4v) is 1.43. The highest BCUT2D eigenvalue weighted by Crippen LogP contribution is 2.08. The maximum Gasteiger partial charge on any atom is 0.323 e. The molecule has 8 nitrogen and oxygen atoms in total. The second-order valence-electron chi connectivity index (χ2n) is 4.37. The summed E-state index contributed by atoms with van der Waals surface area (Å²) in [5.41, 5.74) is 5.62. The van der Waals surface area contributed by atoms with Gasteiger partial charge >= 0.3 is 6.01 Å². The van der Waals surface area contributed by atoms with Crippen molar-refractivity contribution >= 4 is 11.9 Å². The van der Waals surface area contributed by atoms with Crippen LogP contribution in [-0.4, -0.2) is 66.9 Å². The molecule has 0 amide bonds. The number of hydrogen-bond acceptors (Lipinski definition) is 8. The van der Waals surface area contributed by atoms with Crippen molar-refractivity contribution in [1.82, 2.24) is 19.9 Å². The molecule has 0 aliphatic carbocycles. The van der Waals surface area contributed by atoms with E-state index in [0.717, 1.165) is 19.5 Å². The lowest BCUT2D eigenvalue weighted by molar-refractivity contribution is 0.163. The van der Waals surface area contributed by atoms with Crippen molar-refractivity contribution in [3.05, 3.63) is 0 Å². The Morgan fingerprint density at radius 2 is 2.00 bits per heavy atom. The molecule has 0 aliphatic rings. The first-order valence-electron chi connectivity index (χ1n) is 6.71. The van der Waals surface area contributed by atoms with E-state index in [0.29, 0.717) is 25.7 Å². The van der Waals surface area contributed by atoms with Gasteiger partial charge in [-0.15, -0.1) is 0 Å². The van der Waals surface area contributed by atoms with Crippen LogP contribution in [0.5, 0.6) is 6.01 Å². The number of nitrogen functional groups attached to an aromatic ring is 1. The van der Waals surface area contributed by atoms with E-state index in [1.54, 1.807) is 7.11 Å². The van der Waals surface area contributed by atoms with Crippen LogP contribution in [0.15, 0.2) is 0 Å². The largest absolute Gasteiger partial charge is 0.463 e. The van der Waals surface area contributed by atoms with Gasteiger partial charge in [0.15, 0.2) is 0 Å². The smallest absolute Gasteiger partial charge is 0.323 e. The van der Waals surface area contributed by atoms with E-state index in [-0.39, 0.29) is 12.0 Å². The molecule has 1 heterocycles. The minimum absolute atomic E-state index is 0.154. The van der Waals surface area contributed by atoms with Gasteiger partial charge in [-0.25, -0.2) is 0 Å². The normalized spacial score (nSPS) is 10.8. The van der Waals surface area contributed by atoms with Gasteiger partial charge in [0.05, 0.1) is 13.2 Å². The molecule has 0 aliphatic heterocycles. The number of nitrogens with one attached hydrogen (secondary N) is 1. The topological polar surface area (TPSA) is 98.4 Å². The molecule has 0 fully saturated rings. The molecule has 0 aromatic carbocycles. The molecule has 8 heteroatoms. The number of aromatic nitrogens is 3. The molecule has 1 aromatic rings. The first-order chi connectivity index (χ1) is 9.65. The zero-order valence-electron chi connectivity index (χ0n) is 12.4. The molecule has 3 N–H and O–H groups in total. The summed E-state index contributed by atoms with van der Waals surface area (Å²) in [7, 11) is 3.72. The highest BCUT2D eigenvalue weighted by atomic mass is 16.5. The summed E-state index contributed by atoms with van der Waals surface area (Å²) >= 11 is 0. The Hall–Kier alpha value is -1.67. The van der Waals surface area contributed by atoms with Crippen LogP contribution in [0.3, 0.4) is 0 Å². The minimum Gasteiger partial charge on any atom is -0.463 e. The van der Waals surface area contributed by atoms with Crippen molar-refractivity contribution < 1.29 is 9.47 Å². The van der Waals surface area contributed by atoms with Gasteiger partial charge in [0.25, 0.3) is 0 Å². The van der Waals surface area contributed by atoms with Crippen molar-refractivity contribution in [3.63, 3.8) is 0 Å². The van der Waals surface area contributed by atoms with Gasteiger partial charge < -0.3 is 25.4 Å². The lowest BCUT2D eigenvalue weighted by Gasteiger charge is -2.16. The van der Waals surface area contributed by atoms with Crippen LogP contribution in [0.25, 0.3) is 0 Å². The number of nitrogens with zero attached hydrogens (tertiary/aromatic N) is 4. The van der Waals surface area contributed by atoms with Crippen LogP contribution in [0.2, 0.25) is 0 Å². The summed E-state index contributed by atoms with van der Waals surface area (Å²) in [5.74, 6) is 0.588. The van der Waals surface area contributed by atoms with Gasteiger partial charge in [0.1, 0.15) is 0 Å². The van der Waals surface area contributed by atoms with Crippen LogP contribution in [0.4, 0.5) is 11.9 Å². The average molecular weight is 284 g/mol. The highest BCUT2D eigenvalue weighted by molar-refractivity contribution is 5.32. The van der Waals surface area contributed by atoms with Crippen LogP contribution < -0.4 is 15.8 Å². The molecular weight excluding hydrogens is 260 g/mol. The van der Waals surface area contributed by atoms with E-state index < -0.39 is 0 Å². The lowest BCUT2D eigenvalue weighted by atomic mass is 10.5. The third-order valence-electron chi connectivity index (χ3n) is 2.52. The van der Waals surface area contributed by atoms with Gasteiger partial charge in [0.2, 0.25) is 11.9 Å². The minimum atomic E-state index is 0.154.